The number of rotatable bonds is 8. The second-order valence-electron chi connectivity index (χ2n) is 5.36. The Morgan fingerprint density at radius 3 is 1.90 bits per heavy atom. The third-order valence-corrected chi connectivity index (χ3v) is 5.35. The van der Waals surface area contributed by atoms with Crippen LogP contribution in [0.3, 0.4) is 0 Å². The van der Waals surface area contributed by atoms with E-state index in [1.807, 2.05) is 0 Å². The maximum Gasteiger partial charge on any atom is 0.312 e. The summed E-state index contributed by atoms with van der Waals surface area (Å²) in [6.07, 6.45) is 1.50. The molecule has 0 spiro atoms. The molecule has 0 saturated carbocycles. The van der Waals surface area contributed by atoms with Gasteiger partial charge in [0, 0.05) is 0 Å². The highest BCUT2D eigenvalue weighted by atomic mass is 32.2. The van der Waals surface area contributed by atoms with E-state index in [2.05, 4.69) is 11.3 Å². The van der Waals surface area contributed by atoms with Crippen LogP contribution in [0.15, 0.2) is 35.7 Å². The highest BCUT2D eigenvalue weighted by Crippen LogP contribution is 2.32. The average molecular weight is 456 g/mol. The van der Waals surface area contributed by atoms with Crippen molar-refractivity contribution in [3.05, 3.63) is 59.7 Å². The second kappa shape index (κ2) is 8.39. The van der Waals surface area contributed by atoms with Crippen LogP contribution in [0.4, 0.5) is 17.6 Å². The lowest BCUT2D eigenvalue weighted by molar-refractivity contribution is 0.279. The van der Waals surface area contributed by atoms with Gasteiger partial charge < -0.3 is 8.92 Å². The van der Waals surface area contributed by atoms with Gasteiger partial charge in [0.1, 0.15) is 18.1 Å². The maximum absolute atomic E-state index is 13.8. The molecular formula is C16H12F4O7S2. The first-order valence-electron chi connectivity index (χ1n) is 7.48. The van der Waals surface area contributed by atoms with Gasteiger partial charge in [-0.3, -0.25) is 4.55 Å². The smallest absolute Gasteiger partial charge is 0.312 e. The van der Waals surface area contributed by atoms with Crippen molar-refractivity contribution in [1.29, 1.82) is 0 Å². The Morgan fingerprint density at radius 1 is 0.931 bits per heavy atom. The first-order valence-corrected chi connectivity index (χ1v) is 10.5. The minimum absolute atomic E-state index is 0.0810. The maximum atomic E-state index is 13.8. The van der Waals surface area contributed by atoms with Crippen molar-refractivity contribution in [3.8, 4) is 11.5 Å². The first-order chi connectivity index (χ1) is 13.4. The van der Waals surface area contributed by atoms with E-state index in [1.54, 1.807) is 0 Å². The molecule has 7 nitrogen and oxygen atoms in total. The standard InChI is InChI=1S/C16H12F4O7S2/c1-2-9-3-5-10(6-4-9)27-28(21,22)8-7-26-15-11(17)13(19)16(29(23,24)25)14(20)12(15)18/h2-6H,1,7-8H2,(H,23,24,25). The van der Waals surface area contributed by atoms with Gasteiger partial charge in [-0.15, -0.1) is 0 Å². The Morgan fingerprint density at radius 2 is 1.45 bits per heavy atom. The molecule has 0 unspecified atom stereocenters. The number of benzene rings is 2. The van der Waals surface area contributed by atoms with E-state index in [0.717, 1.165) is 0 Å². The van der Waals surface area contributed by atoms with Crippen LogP contribution in [-0.4, -0.2) is 33.7 Å². The highest BCUT2D eigenvalue weighted by molar-refractivity contribution is 7.87. The van der Waals surface area contributed by atoms with E-state index in [4.69, 9.17) is 8.74 Å². The van der Waals surface area contributed by atoms with Gasteiger partial charge in [-0.2, -0.15) is 25.6 Å². The van der Waals surface area contributed by atoms with Crippen molar-refractivity contribution >= 4 is 26.3 Å². The molecule has 13 heteroatoms. The van der Waals surface area contributed by atoms with Crippen LogP contribution in [-0.2, 0) is 20.2 Å². The molecule has 0 atom stereocenters. The molecule has 0 aliphatic rings. The summed E-state index contributed by atoms with van der Waals surface area (Å²) in [5, 5.41) is 0. The van der Waals surface area contributed by atoms with Crippen LogP contribution >= 0.6 is 0 Å². The molecule has 0 aromatic heterocycles. The molecule has 0 radical (unpaired) electrons. The SMILES string of the molecule is C=Cc1ccc(OS(=O)(=O)CCOc2c(F)c(F)c(S(=O)(=O)O)c(F)c2F)cc1. The largest absolute Gasteiger partial charge is 0.486 e. The van der Waals surface area contributed by atoms with E-state index in [-0.39, 0.29) is 5.75 Å². The summed E-state index contributed by atoms with van der Waals surface area (Å²) in [5.41, 5.74) is 0.682. The van der Waals surface area contributed by atoms with Crippen molar-refractivity contribution in [2.24, 2.45) is 0 Å². The van der Waals surface area contributed by atoms with Crippen LogP contribution in [0.2, 0.25) is 0 Å². The predicted molar refractivity (Wildman–Crippen MR) is 92.5 cm³/mol. The van der Waals surface area contributed by atoms with E-state index in [1.165, 1.54) is 30.3 Å². The molecule has 158 valence electrons. The third-order valence-electron chi connectivity index (χ3n) is 3.36. The van der Waals surface area contributed by atoms with Crippen molar-refractivity contribution in [2.75, 3.05) is 12.4 Å². The Labute approximate surface area is 163 Å². The van der Waals surface area contributed by atoms with Crippen LogP contribution in [0.5, 0.6) is 11.5 Å². The fourth-order valence-electron chi connectivity index (χ4n) is 2.04. The lowest BCUT2D eigenvalue weighted by atomic mass is 10.2. The van der Waals surface area contributed by atoms with Gasteiger partial charge in [-0.1, -0.05) is 24.8 Å². The molecule has 0 heterocycles. The number of hydrogen-bond donors (Lipinski definition) is 1. The van der Waals surface area contributed by atoms with Gasteiger partial charge in [-0.25, -0.2) is 8.78 Å². The normalized spacial score (nSPS) is 11.9. The zero-order chi connectivity index (χ0) is 22.0. The number of halogens is 4. The molecule has 0 saturated heterocycles. The summed E-state index contributed by atoms with van der Waals surface area (Å²) in [7, 11) is -9.94. The van der Waals surface area contributed by atoms with E-state index >= 15 is 0 Å². The molecule has 0 bridgehead atoms. The summed E-state index contributed by atoms with van der Waals surface area (Å²) in [6, 6.07) is 5.63. The van der Waals surface area contributed by atoms with Gasteiger partial charge in [0.25, 0.3) is 0 Å². The summed E-state index contributed by atoms with van der Waals surface area (Å²) in [4.78, 5) is -2.24. The van der Waals surface area contributed by atoms with Crippen LogP contribution in [0, 0.1) is 23.3 Å². The topological polar surface area (TPSA) is 107 Å². The molecule has 0 aliphatic carbocycles. The molecule has 0 aliphatic heterocycles. The zero-order valence-electron chi connectivity index (χ0n) is 14.2. The lowest BCUT2D eigenvalue weighted by Gasteiger charge is -2.12. The lowest BCUT2D eigenvalue weighted by Crippen LogP contribution is -2.20. The average Bonchev–Trinajstić information content (AvgIpc) is 2.62. The summed E-state index contributed by atoms with van der Waals surface area (Å²) < 4.78 is 118. The van der Waals surface area contributed by atoms with Gasteiger partial charge in [0.05, 0.1) is 0 Å². The summed E-state index contributed by atoms with van der Waals surface area (Å²) in [5.74, 6) is -12.1. The van der Waals surface area contributed by atoms with Crippen molar-refractivity contribution in [3.63, 3.8) is 0 Å². The Bertz CT molecular complexity index is 1120. The minimum atomic E-state index is -5.62. The predicted octanol–water partition coefficient (Wildman–Crippen LogP) is 2.92. The Balaban J connectivity index is 2.16. The summed E-state index contributed by atoms with van der Waals surface area (Å²) >= 11 is 0. The first kappa shape index (κ1) is 22.6. The fourth-order valence-corrected chi connectivity index (χ4v) is 3.45. The molecule has 0 fully saturated rings. The van der Waals surface area contributed by atoms with Crippen molar-refractivity contribution < 1.29 is 47.9 Å². The van der Waals surface area contributed by atoms with Gasteiger partial charge in [0.15, 0.2) is 22.3 Å². The number of ether oxygens (including phenoxy) is 1. The number of hydrogen-bond acceptors (Lipinski definition) is 6. The summed E-state index contributed by atoms with van der Waals surface area (Å²) in [6.45, 7) is 2.52. The molecule has 0 amide bonds. The van der Waals surface area contributed by atoms with E-state index in [9.17, 15) is 34.4 Å². The second-order valence-corrected chi connectivity index (χ2v) is 8.40. The fraction of sp³-hybridized carbons (Fsp3) is 0.125. The minimum Gasteiger partial charge on any atom is -0.486 e. The molecule has 2 aromatic rings. The third kappa shape index (κ3) is 5.25. The quantitative estimate of drug-likeness (QED) is 0.282. The van der Waals surface area contributed by atoms with Crippen molar-refractivity contribution in [1.82, 2.24) is 0 Å². The van der Waals surface area contributed by atoms with E-state index < -0.39 is 66.5 Å². The molecular weight excluding hydrogens is 444 g/mol. The van der Waals surface area contributed by atoms with Crippen LogP contribution in [0.1, 0.15) is 5.56 Å². The highest BCUT2D eigenvalue weighted by Gasteiger charge is 2.33. The van der Waals surface area contributed by atoms with Crippen LogP contribution in [0.25, 0.3) is 6.08 Å². The molecule has 29 heavy (non-hydrogen) atoms. The molecule has 1 N–H and O–H groups in total. The Kier molecular flexibility index (Phi) is 6.55. The molecule has 2 aromatic carbocycles. The van der Waals surface area contributed by atoms with E-state index in [0.29, 0.717) is 5.56 Å². The monoisotopic (exact) mass is 456 g/mol. The molecule has 2 rings (SSSR count). The van der Waals surface area contributed by atoms with Gasteiger partial charge in [0.2, 0.25) is 11.6 Å². The van der Waals surface area contributed by atoms with Gasteiger partial charge >= 0.3 is 20.2 Å². The van der Waals surface area contributed by atoms with Gasteiger partial charge in [-0.05, 0) is 17.7 Å². The van der Waals surface area contributed by atoms with Crippen LogP contribution < -0.4 is 8.92 Å². The Hall–Kier alpha value is -2.64. The van der Waals surface area contributed by atoms with Crippen molar-refractivity contribution in [2.45, 2.75) is 4.90 Å². The zero-order valence-corrected chi connectivity index (χ0v) is 15.9.